The molecule has 1 aliphatic heterocycles. The number of fused-ring (bicyclic) bond motifs is 1. The highest BCUT2D eigenvalue weighted by molar-refractivity contribution is 6.00. The van der Waals surface area contributed by atoms with Crippen molar-refractivity contribution in [3.8, 4) is 0 Å². The molecule has 0 spiro atoms. The van der Waals surface area contributed by atoms with E-state index < -0.39 is 18.0 Å². The third kappa shape index (κ3) is 3.86. The summed E-state index contributed by atoms with van der Waals surface area (Å²) in [7, 11) is 0. The van der Waals surface area contributed by atoms with Crippen molar-refractivity contribution in [2.24, 2.45) is 0 Å². The fourth-order valence-corrected chi connectivity index (χ4v) is 4.15. The topological polar surface area (TPSA) is 46.6 Å². The van der Waals surface area contributed by atoms with E-state index in [0.717, 1.165) is 28.8 Å². The molecular formula is C26H25NO3. The smallest absolute Gasteiger partial charge is 0.318 e. The second kappa shape index (κ2) is 8.54. The van der Waals surface area contributed by atoms with Gasteiger partial charge in [-0.25, -0.2) is 0 Å². The fraction of sp³-hybridized carbons (Fsp3) is 0.231. The average Bonchev–Trinajstić information content (AvgIpc) is 3.10. The van der Waals surface area contributed by atoms with E-state index in [9.17, 15) is 9.59 Å². The standard InChI is InChI=1S/C26H25NO3/c1-18-17-22-15-9-10-16-23(22)27(18)25(28)19(2)30-26(29)24(20-11-5-3-6-12-20)21-13-7-4-8-14-21/h3-16,18-19,24H,17H2,1-2H3/t18-,19+/m0/s1. The number of para-hydroxylation sites is 1. The van der Waals surface area contributed by atoms with Gasteiger partial charge in [0.1, 0.15) is 5.92 Å². The van der Waals surface area contributed by atoms with Gasteiger partial charge in [0.15, 0.2) is 6.10 Å². The molecule has 0 aromatic heterocycles. The molecule has 0 aliphatic carbocycles. The van der Waals surface area contributed by atoms with E-state index >= 15 is 0 Å². The molecule has 0 radical (unpaired) electrons. The molecule has 2 atom stereocenters. The van der Waals surface area contributed by atoms with Gasteiger partial charge >= 0.3 is 5.97 Å². The van der Waals surface area contributed by atoms with Crippen LogP contribution in [0.4, 0.5) is 5.69 Å². The van der Waals surface area contributed by atoms with Gasteiger partial charge < -0.3 is 9.64 Å². The van der Waals surface area contributed by atoms with Gasteiger partial charge in [-0.15, -0.1) is 0 Å². The maximum Gasteiger partial charge on any atom is 0.318 e. The maximum absolute atomic E-state index is 13.2. The van der Waals surface area contributed by atoms with E-state index in [2.05, 4.69) is 0 Å². The Balaban J connectivity index is 1.56. The van der Waals surface area contributed by atoms with Crippen LogP contribution in [0.2, 0.25) is 0 Å². The zero-order valence-electron chi connectivity index (χ0n) is 17.2. The van der Waals surface area contributed by atoms with Crippen LogP contribution in [-0.4, -0.2) is 24.0 Å². The summed E-state index contributed by atoms with van der Waals surface area (Å²) < 4.78 is 5.73. The van der Waals surface area contributed by atoms with E-state index in [0.29, 0.717) is 0 Å². The summed E-state index contributed by atoms with van der Waals surface area (Å²) in [4.78, 5) is 28.2. The van der Waals surface area contributed by atoms with E-state index in [1.165, 1.54) is 0 Å². The SMILES string of the molecule is C[C@@H](OC(=O)C(c1ccccc1)c1ccccc1)C(=O)N1c2ccccc2C[C@@H]1C. The number of benzene rings is 3. The van der Waals surface area contributed by atoms with Gasteiger partial charge in [-0.05, 0) is 43.0 Å². The molecule has 4 nitrogen and oxygen atoms in total. The quantitative estimate of drug-likeness (QED) is 0.583. The van der Waals surface area contributed by atoms with Crippen LogP contribution in [-0.2, 0) is 20.7 Å². The highest BCUT2D eigenvalue weighted by atomic mass is 16.5. The molecule has 1 amide bonds. The minimum Gasteiger partial charge on any atom is -0.452 e. The van der Waals surface area contributed by atoms with Crippen LogP contribution < -0.4 is 4.90 Å². The number of hydrogen-bond donors (Lipinski definition) is 0. The molecule has 0 unspecified atom stereocenters. The lowest BCUT2D eigenvalue weighted by Gasteiger charge is -2.27. The molecule has 1 aliphatic rings. The van der Waals surface area contributed by atoms with Crippen molar-refractivity contribution in [3.05, 3.63) is 102 Å². The Kier molecular flexibility index (Phi) is 5.66. The second-order valence-corrected chi connectivity index (χ2v) is 7.72. The van der Waals surface area contributed by atoms with Crippen molar-refractivity contribution in [2.45, 2.75) is 38.3 Å². The first-order valence-corrected chi connectivity index (χ1v) is 10.3. The molecule has 3 aromatic carbocycles. The first-order chi connectivity index (χ1) is 14.6. The number of amides is 1. The summed E-state index contributed by atoms with van der Waals surface area (Å²) in [6.45, 7) is 3.67. The van der Waals surface area contributed by atoms with Gasteiger partial charge in [0.25, 0.3) is 5.91 Å². The van der Waals surface area contributed by atoms with Crippen molar-refractivity contribution in [2.75, 3.05) is 4.90 Å². The first-order valence-electron chi connectivity index (χ1n) is 10.3. The minimum absolute atomic E-state index is 0.0371. The molecule has 0 fully saturated rings. The molecule has 0 bridgehead atoms. The lowest BCUT2D eigenvalue weighted by atomic mass is 9.91. The molecule has 30 heavy (non-hydrogen) atoms. The summed E-state index contributed by atoms with van der Waals surface area (Å²) in [6.07, 6.45) is -0.0692. The molecular weight excluding hydrogens is 374 g/mol. The summed E-state index contributed by atoms with van der Waals surface area (Å²) >= 11 is 0. The summed E-state index contributed by atoms with van der Waals surface area (Å²) in [5.74, 6) is -1.19. The van der Waals surface area contributed by atoms with Crippen molar-refractivity contribution in [1.29, 1.82) is 0 Å². The summed E-state index contributed by atoms with van der Waals surface area (Å²) in [6, 6.07) is 27.0. The molecule has 152 valence electrons. The Morgan fingerprint density at radius 1 is 0.867 bits per heavy atom. The van der Waals surface area contributed by atoms with E-state index in [1.807, 2.05) is 91.9 Å². The van der Waals surface area contributed by atoms with Gasteiger partial charge in [0, 0.05) is 11.7 Å². The molecule has 4 heteroatoms. The summed E-state index contributed by atoms with van der Waals surface area (Å²) in [5, 5.41) is 0. The lowest BCUT2D eigenvalue weighted by molar-refractivity contribution is -0.154. The van der Waals surface area contributed by atoms with Crippen molar-refractivity contribution < 1.29 is 14.3 Å². The maximum atomic E-state index is 13.2. The van der Waals surface area contributed by atoms with Crippen LogP contribution in [0.3, 0.4) is 0 Å². The van der Waals surface area contributed by atoms with Crippen LogP contribution >= 0.6 is 0 Å². The van der Waals surface area contributed by atoms with Crippen molar-refractivity contribution in [1.82, 2.24) is 0 Å². The molecule has 0 N–H and O–H groups in total. The number of hydrogen-bond acceptors (Lipinski definition) is 3. The Labute approximate surface area is 177 Å². The Hall–Kier alpha value is -3.40. The zero-order chi connectivity index (χ0) is 21.1. The predicted molar refractivity (Wildman–Crippen MR) is 117 cm³/mol. The monoisotopic (exact) mass is 399 g/mol. The van der Waals surface area contributed by atoms with E-state index in [-0.39, 0.29) is 11.9 Å². The highest BCUT2D eigenvalue weighted by Crippen LogP contribution is 2.33. The largest absolute Gasteiger partial charge is 0.452 e. The van der Waals surface area contributed by atoms with Crippen LogP contribution in [0, 0.1) is 0 Å². The third-order valence-corrected chi connectivity index (χ3v) is 5.59. The van der Waals surface area contributed by atoms with Crippen LogP contribution in [0.15, 0.2) is 84.9 Å². The van der Waals surface area contributed by atoms with E-state index in [4.69, 9.17) is 4.74 Å². The van der Waals surface area contributed by atoms with Crippen LogP contribution in [0.25, 0.3) is 0 Å². The molecule has 0 saturated heterocycles. The number of carbonyl (C=O) groups is 2. The van der Waals surface area contributed by atoms with Crippen molar-refractivity contribution >= 4 is 17.6 Å². The molecule has 1 heterocycles. The fourth-order valence-electron chi connectivity index (χ4n) is 4.15. The van der Waals surface area contributed by atoms with Gasteiger partial charge in [-0.3, -0.25) is 9.59 Å². The Bertz CT molecular complexity index is 993. The van der Waals surface area contributed by atoms with Crippen molar-refractivity contribution in [3.63, 3.8) is 0 Å². The number of rotatable bonds is 5. The third-order valence-electron chi connectivity index (χ3n) is 5.59. The zero-order valence-corrected chi connectivity index (χ0v) is 17.2. The average molecular weight is 399 g/mol. The normalized spacial score (nSPS) is 16.2. The van der Waals surface area contributed by atoms with Crippen LogP contribution in [0.5, 0.6) is 0 Å². The van der Waals surface area contributed by atoms with E-state index in [1.54, 1.807) is 11.8 Å². The number of ether oxygens (including phenoxy) is 1. The number of anilines is 1. The number of carbonyl (C=O) groups excluding carboxylic acids is 2. The molecule has 3 aromatic rings. The Morgan fingerprint density at radius 3 is 2.00 bits per heavy atom. The van der Waals surface area contributed by atoms with Gasteiger partial charge in [0.05, 0.1) is 0 Å². The first kappa shape index (κ1) is 19.9. The second-order valence-electron chi connectivity index (χ2n) is 7.72. The predicted octanol–water partition coefficient (Wildman–Crippen LogP) is 4.73. The number of nitrogens with zero attached hydrogens (tertiary/aromatic N) is 1. The lowest BCUT2D eigenvalue weighted by Crippen LogP contribution is -2.43. The Morgan fingerprint density at radius 2 is 1.40 bits per heavy atom. The van der Waals surface area contributed by atoms with Crippen LogP contribution in [0.1, 0.15) is 36.5 Å². The molecule has 0 saturated carbocycles. The highest BCUT2D eigenvalue weighted by Gasteiger charge is 2.35. The minimum atomic E-state index is -0.874. The molecule has 4 rings (SSSR count). The summed E-state index contributed by atoms with van der Waals surface area (Å²) in [5.41, 5.74) is 3.73. The number of esters is 1. The van der Waals surface area contributed by atoms with Gasteiger partial charge in [-0.2, -0.15) is 0 Å². The van der Waals surface area contributed by atoms with Gasteiger partial charge in [0.2, 0.25) is 0 Å². The van der Waals surface area contributed by atoms with Gasteiger partial charge in [-0.1, -0.05) is 78.9 Å².